The van der Waals surface area contributed by atoms with Crippen LogP contribution in [0.4, 0.5) is 0 Å². The number of aromatic nitrogens is 1. The van der Waals surface area contributed by atoms with Crippen LogP contribution in [0, 0.1) is 5.92 Å². The summed E-state index contributed by atoms with van der Waals surface area (Å²) in [7, 11) is 1.80. The minimum Gasteiger partial charge on any atom is -0.393 e. The van der Waals surface area contributed by atoms with Crippen molar-refractivity contribution in [3.05, 3.63) is 23.0 Å². The summed E-state index contributed by atoms with van der Waals surface area (Å²) in [4.78, 5) is 14.1. The first-order valence-corrected chi connectivity index (χ1v) is 7.07. The molecule has 0 unspecified atom stereocenters. The van der Waals surface area contributed by atoms with Crippen LogP contribution in [0.2, 0.25) is 5.02 Å². The molecule has 1 saturated carbocycles. The Labute approximate surface area is 119 Å². The molecule has 0 saturated heterocycles. The van der Waals surface area contributed by atoms with Gasteiger partial charge in [0.25, 0.3) is 5.91 Å². The van der Waals surface area contributed by atoms with Crippen molar-refractivity contribution in [1.29, 1.82) is 0 Å². The molecule has 0 atom stereocenters. The van der Waals surface area contributed by atoms with Crippen molar-refractivity contribution in [2.75, 3.05) is 13.6 Å². The van der Waals surface area contributed by atoms with Crippen LogP contribution in [0.3, 0.4) is 0 Å². The summed E-state index contributed by atoms with van der Waals surface area (Å²) in [5.41, 5.74) is 0.627. The zero-order chi connectivity index (χ0) is 14.2. The molecule has 0 aliphatic heterocycles. The highest BCUT2D eigenvalue weighted by Gasteiger charge is 2.30. The van der Waals surface area contributed by atoms with Gasteiger partial charge in [-0.05, 0) is 38.7 Å². The summed E-state index contributed by atoms with van der Waals surface area (Å²) in [5, 5.41) is 9.87. The van der Waals surface area contributed by atoms with Crippen molar-refractivity contribution in [2.45, 2.75) is 38.8 Å². The molecule has 19 heavy (non-hydrogen) atoms. The molecule has 0 bridgehead atoms. The molecule has 2 rings (SSSR count). The average molecular weight is 285 g/mol. The van der Waals surface area contributed by atoms with Crippen LogP contribution in [-0.4, -0.2) is 40.2 Å². The number of aliphatic hydroxyl groups is 1. The fourth-order valence-electron chi connectivity index (χ4n) is 2.56. The first-order valence-electron chi connectivity index (χ1n) is 6.69. The minimum atomic E-state index is -0.178. The van der Waals surface area contributed by atoms with Gasteiger partial charge < -0.3 is 14.6 Å². The minimum absolute atomic E-state index is 0.0120. The van der Waals surface area contributed by atoms with Crippen LogP contribution < -0.4 is 0 Å². The molecular formula is C14H21ClN2O2. The lowest BCUT2D eigenvalue weighted by Crippen LogP contribution is -2.40. The van der Waals surface area contributed by atoms with Gasteiger partial charge >= 0.3 is 0 Å². The Hall–Kier alpha value is -1.00. The maximum Gasteiger partial charge on any atom is 0.270 e. The number of hydrogen-bond acceptors (Lipinski definition) is 2. The number of aliphatic hydroxyl groups excluding tert-OH is 1. The SMILES string of the molecule is CC(C)n1cc(Cl)cc1C(=O)N(C)CC1CC(O)C1. The number of amides is 1. The van der Waals surface area contributed by atoms with Crippen molar-refractivity contribution >= 4 is 17.5 Å². The topological polar surface area (TPSA) is 45.5 Å². The lowest BCUT2D eigenvalue weighted by molar-refractivity contribution is 0.0262. The van der Waals surface area contributed by atoms with Gasteiger partial charge in [0.2, 0.25) is 0 Å². The van der Waals surface area contributed by atoms with E-state index < -0.39 is 0 Å². The third-order valence-corrected chi connectivity index (χ3v) is 3.89. The molecule has 106 valence electrons. The monoisotopic (exact) mass is 284 g/mol. The molecule has 0 spiro atoms. The molecular weight excluding hydrogens is 264 g/mol. The van der Waals surface area contributed by atoms with Crippen LogP contribution in [0.5, 0.6) is 0 Å². The summed E-state index contributed by atoms with van der Waals surface area (Å²) in [6.07, 6.45) is 3.20. The van der Waals surface area contributed by atoms with Crippen molar-refractivity contribution < 1.29 is 9.90 Å². The Morgan fingerprint density at radius 2 is 2.21 bits per heavy atom. The number of rotatable bonds is 4. The van der Waals surface area contributed by atoms with Crippen LogP contribution in [0.15, 0.2) is 12.3 Å². The Kier molecular flexibility index (Phi) is 4.21. The zero-order valence-electron chi connectivity index (χ0n) is 11.6. The highest BCUT2D eigenvalue weighted by atomic mass is 35.5. The lowest BCUT2D eigenvalue weighted by Gasteiger charge is -2.34. The fraction of sp³-hybridized carbons (Fsp3) is 0.643. The zero-order valence-corrected chi connectivity index (χ0v) is 12.4. The van der Waals surface area contributed by atoms with Crippen molar-refractivity contribution in [3.8, 4) is 0 Å². The molecule has 1 aromatic rings. The number of hydrogen-bond donors (Lipinski definition) is 1. The van der Waals surface area contributed by atoms with E-state index in [1.165, 1.54) is 0 Å². The van der Waals surface area contributed by atoms with Gasteiger partial charge in [-0.25, -0.2) is 0 Å². The predicted octanol–water partition coefficient (Wildman–Crippen LogP) is 2.57. The summed E-state index contributed by atoms with van der Waals surface area (Å²) in [5.74, 6) is 0.406. The Bertz CT molecular complexity index is 464. The second-order valence-electron chi connectivity index (χ2n) is 5.72. The highest BCUT2D eigenvalue weighted by molar-refractivity contribution is 6.31. The molecule has 0 aromatic carbocycles. The standard InChI is InChI=1S/C14H21ClN2O2/c1-9(2)17-8-11(15)6-13(17)14(19)16(3)7-10-4-12(18)5-10/h6,8-10,12,18H,4-5,7H2,1-3H3. The molecule has 0 radical (unpaired) electrons. The highest BCUT2D eigenvalue weighted by Crippen LogP contribution is 2.28. The van der Waals surface area contributed by atoms with Gasteiger partial charge in [-0.3, -0.25) is 4.79 Å². The lowest BCUT2D eigenvalue weighted by atomic mass is 9.82. The molecule has 1 N–H and O–H groups in total. The van der Waals surface area contributed by atoms with Gasteiger partial charge in [0.15, 0.2) is 0 Å². The molecule has 1 amide bonds. The van der Waals surface area contributed by atoms with Gasteiger partial charge in [-0.1, -0.05) is 11.6 Å². The second-order valence-corrected chi connectivity index (χ2v) is 6.16. The molecule has 4 nitrogen and oxygen atoms in total. The third-order valence-electron chi connectivity index (χ3n) is 3.68. The van der Waals surface area contributed by atoms with Crippen LogP contribution >= 0.6 is 11.6 Å². The number of carbonyl (C=O) groups excluding carboxylic acids is 1. The largest absolute Gasteiger partial charge is 0.393 e. The molecule has 1 fully saturated rings. The fourth-order valence-corrected chi connectivity index (χ4v) is 2.77. The Morgan fingerprint density at radius 1 is 1.58 bits per heavy atom. The van der Waals surface area contributed by atoms with Crippen LogP contribution in [0.25, 0.3) is 0 Å². The molecule has 1 aromatic heterocycles. The van der Waals surface area contributed by atoms with E-state index in [0.29, 0.717) is 23.2 Å². The van der Waals surface area contributed by atoms with Gasteiger partial charge in [0.1, 0.15) is 5.69 Å². The van der Waals surface area contributed by atoms with Crippen molar-refractivity contribution in [1.82, 2.24) is 9.47 Å². The van der Waals surface area contributed by atoms with E-state index in [1.807, 2.05) is 18.4 Å². The van der Waals surface area contributed by atoms with E-state index >= 15 is 0 Å². The van der Waals surface area contributed by atoms with Crippen LogP contribution in [-0.2, 0) is 0 Å². The van der Waals surface area contributed by atoms with Gasteiger partial charge in [-0.15, -0.1) is 0 Å². The molecule has 1 aliphatic rings. The number of carbonyl (C=O) groups is 1. The van der Waals surface area contributed by atoms with Crippen molar-refractivity contribution in [2.24, 2.45) is 5.92 Å². The summed E-state index contributed by atoms with van der Waals surface area (Å²) in [6, 6.07) is 1.92. The first-order chi connectivity index (χ1) is 8.88. The maximum atomic E-state index is 12.4. The molecule has 1 heterocycles. The van der Waals surface area contributed by atoms with E-state index in [2.05, 4.69) is 0 Å². The molecule has 1 aliphatic carbocycles. The van der Waals surface area contributed by atoms with Gasteiger partial charge in [0.05, 0.1) is 11.1 Å². The summed E-state index contributed by atoms with van der Waals surface area (Å²) >= 11 is 6.00. The van der Waals surface area contributed by atoms with E-state index in [-0.39, 0.29) is 18.1 Å². The van der Waals surface area contributed by atoms with Gasteiger partial charge in [0, 0.05) is 25.8 Å². The summed E-state index contributed by atoms with van der Waals surface area (Å²) in [6.45, 7) is 4.74. The van der Waals surface area contributed by atoms with Crippen molar-refractivity contribution in [3.63, 3.8) is 0 Å². The average Bonchev–Trinajstić information content (AvgIpc) is 2.68. The summed E-state index contributed by atoms with van der Waals surface area (Å²) < 4.78 is 1.90. The van der Waals surface area contributed by atoms with E-state index in [9.17, 15) is 9.90 Å². The van der Waals surface area contributed by atoms with Crippen LogP contribution in [0.1, 0.15) is 43.2 Å². The van der Waals surface area contributed by atoms with Gasteiger partial charge in [-0.2, -0.15) is 0 Å². The second kappa shape index (κ2) is 5.55. The van der Waals surface area contributed by atoms with E-state index in [1.54, 1.807) is 24.2 Å². The number of halogens is 1. The number of nitrogens with zero attached hydrogens (tertiary/aromatic N) is 2. The van der Waals surface area contributed by atoms with E-state index in [4.69, 9.17) is 11.6 Å². The normalized spacial score (nSPS) is 22.4. The third kappa shape index (κ3) is 3.12. The maximum absolute atomic E-state index is 12.4. The first kappa shape index (κ1) is 14.4. The Balaban J connectivity index is 2.06. The van der Waals surface area contributed by atoms with E-state index in [0.717, 1.165) is 12.8 Å². The Morgan fingerprint density at radius 3 is 2.74 bits per heavy atom. The quantitative estimate of drug-likeness (QED) is 0.924. The molecule has 5 heteroatoms. The smallest absolute Gasteiger partial charge is 0.270 e. The predicted molar refractivity (Wildman–Crippen MR) is 75.5 cm³/mol.